The largest absolute Gasteiger partial charge is 0.507 e. The molecular formula is C26H22ClN3O5. The second-order valence-electron chi connectivity index (χ2n) is 7.73. The number of benzene rings is 2. The number of carbonyl (C=O) groups excluding carboxylic acids is 3. The Morgan fingerprint density at radius 3 is 2.63 bits per heavy atom. The number of amides is 2. The van der Waals surface area contributed by atoms with E-state index in [2.05, 4.69) is 10.3 Å². The Morgan fingerprint density at radius 1 is 1.14 bits per heavy atom. The fraction of sp³-hybridized carbons (Fsp3) is 0.154. The van der Waals surface area contributed by atoms with Crippen molar-refractivity contribution in [3.63, 3.8) is 0 Å². The van der Waals surface area contributed by atoms with E-state index in [0.717, 1.165) is 0 Å². The molecule has 0 saturated carbocycles. The van der Waals surface area contributed by atoms with Crippen LogP contribution in [0.2, 0.25) is 5.02 Å². The molecule has 1 aliphatic heterocycles. The van der Waals surface area contributed by atoms with Crippen LogP contribution in [0.3, 0.4) is 0 Å². The zero-order chi connectivity index (χ0) is 25.1. The highest BCUT2D eigenvalue weighted by atomic mass is 35.5. The van der Waals surface area contributed by atoms with Crippen molar-refractivity contribution in [3.05, 3.63) is 88.7 Å². The summed E-state index contributed by atoms with van der Waals surface area (Å²) in [5, 5.41) is 14.2. The van der Waals surface area contributed by atoms with E-state index in [9.17, 15) is 19.5 Å². The molecule has 1 saturated heterocycles. The molecule has 1 fully saturated rings. The topological polar surface area (TPSA) is 109 Å². The third-order valence-corrected chi connectivity index (χ3v) is 5.69. The molecule has 1 aliphatic rings. The predicted octanol–water partition coefficient (Wildman–Crippen LogP) is 4.72. The van der Waals surface area contributed by atoms with Gasteiger partial charge in [0.05, 0.1) is 22.9 Å². The maximum Gasteiger partial charge on any atom is 0.300 e. The number of anilines is 2. The van der Waals surface area contributed by atoms with E-state index in [1.54, 1.807) is 54.6 Å². The number of ketones is 1. The van der Waals surface area contributed by atoms with Crippen molar-refractivity contribution >= 4 is 46.3 Å². The Labute approximate surface area is 206 Å². The van der Waals surface area contributed by atoms with E-state index in [1.807, 2.05) is 6.92 Å². The van der Waals surface area contributed by atoms with Gasteiger partial charge in [0.15, 0.2) is 0 Å². The van der Waals surface area contributed by atoms with Gasteiger partial charge in [-0.05, 0) is 55.5 Å². The normalized spacial score (nSPS) is 16.9. The average Bonchev–Trinajstić information content (AvgIpc) is 3.11. The molecule has 35 heavy (non-hydrogen) atoms. The molecule has 0 spiro atoms. The van der Waals surface area contributed by atoms with Crippen molar-refractivity contribution in [1.82, 2.24) is 4.98 Å². The van der Waals surface area contributed by atoms with Crippen molar-refractivity contribution < 1.29 is 24.2 Å². The molecule has 3 aromatic rings. The number of carbonyl (C=O) groups is 3. The van der Waals surface area contributed by atoms with Gasteiger partial charge in [0.25, 0.3) is 11.7 Å². The van der Waals surface area contributed by atoms with Gasteiger partial charge in [-0.3, -0.25) is 24.3 Å². The van der Waals surface area contributed by atoms with Crippen LogP contribution in [0.1, 0.15) is 31.1 Å². The number of ether oxygens (including phenoxy) is 1. The van der Waals surface area contributed by atoms with E-state index in [-0.39, 0.29) is 22.1 Å². The maximum absolute atomic E-state index is 13.3. The lowest BCUT2D eigenvalue weighted by molar-refractivity contribution is -0.132. The van der Waals surface area contributed by atoms with E-state index in [4.69, 9.17) is 16.3 Å². The standard InChI is InChI=1S/C26H22ClN3O5/c1-3-35-18-10-11-20(27)19(14-18)24(32)22-23(21-9-4-5-12-28-21)30(26(34)25(22)33)17-8-6-7-16(13-17)29-15(2)31/h4-14,23,32H,3H2,1-2H3,(H,29,31)/b24-22+. The predicted molar refractivity (Wildman–Crippen MR) is 132 cm³/mol. The van der Waals surface area contributed by atoms with E-state index in [0.29, 0.717) is 29.4 Å². The summed E-state index contributed by atoms with van der Waals surface area (Å²) < 4.78 is 5.51. The van der Waals surface area contributed by atoms with Gasteiger partial charge in [-0.15, -0.1) is 0 Å². The monoisotopic (exact) mass is 491 g/mol. The highest BCUT2D eigenvalue weighted by molar-refractivity contribution is 6.52. The second kappa shape index (κ2) is 9.99. The fourth-order valence-corrected chi connectivity index (χ4v) is 4.15. The van der Waals surface area contributed by atoms with Crippen molar-refractivity contribution in [2.45, 2.75) is 19.9 Å². The molecule has 2 heterocycles. The molecule has 2 amide bonds. The third kappa shape index (κ3) is 4.74. The highest BCUT2D eigenvalue weighted by Gasteiger charge is 2.47. The summed E-state index contributed by atoms with van der Waals surface area (Å²) in [6.45, 7) is 3.58. The molecule has 2 N–H and O–H groups in total. The number of nitrogens with zero attached hydrogens (tertiary/aromatic N) is 2. The zero-order valence-electron chi connectivity index (χ0n) is 19.0. The lowest BCUT2D eigenvalue weighted by atomic mass is 9.98. The van der Waals surface area contributed by atoms with Crippen LogP contribution in [-0.2, 0) is 14.4 Å². The Kier molecular flexibility index (Phi) is 6.84. The maximum atomic E-state index is 13.3. The summed E-state index contributed by atoms with van der Waals surface area (Å²) >= 11 is 6.35. The lowest BCUT2D eigenvalue weighted by Gasteiger charge is -2.25. The van der Waals surface area contributed by atoms with Crippen LogP contribution in [0.25, 0.3) is 5.76 Å². The molecule has 0 aliphatic carbocycles. The second-order valence-corrected chi connectivity index (χ2v) is 8.14. The van der Waals surface area contributed by atoms with Crippen molar-refractivity contribution in [1.29, 1.82) is 0 Å². The SMILES string of the molecule is CCOc1ccc(Cl)c(/C(O)=C2\C(=O)C(=O)N(c3cccc(NC(C)=O)c3)C2c2ccccn2)c1. The first-order valence-electron chi connectivity index (χ1n) is 10.8. The van der Waals surface area contributed by atoms with Gasteiger partial charge in [-0.1, -0.05) is 23.7 Å². The molecule has 0 bridgehead atoms. The Bertz CT molecular complexity index is 1340. The Morgan fingerprint density at radius 2 is 1.94 bits per heavy atom. The Balaban J connectivity index is 1.92. The van der Waals surface area contributed by atoms with Crippen molar-refractivity contribution in [2.75, 3.05) is 16.8 Å². The first-order chi connectivity index (χ1) is 16.8. The summed E-state index contributed by atoms with van der Waals surface area (Å²) in [7, 11) is 0. The molecule has 178 valence electrons. The van der Waals surface area contributed by atoms with E-state index in [1.165, 1.54) is 24.1 Å². The molecule has 1 unspecified atom stereocenters. The van der Waals surface area contributed by atoms with Crippen molar-refractivity contribution in [2.24, 2.45) is 0 Å². The summed E-state index contributed by atoms with van der Waals surface area (Å²) in [6.07, 6.45) is 1.53. The number of aliphatic hydroxyl groups excluding tert-OH is 1. The molecule has 8 nitrogen and oxygen atoms in total. The fourth-order valence-electron chi connectivity index (χ4n) is 3.94. The van der Waals surface area contributed by atoms with Gasteiger partial charge in [0.1, 0.15) is 17.6 Å². The summed E-state index contributed by atoms with van der Waals surface area (Å²) in [4.78, 5) is 43.7. The minimum Gasteiger partial charge on any atom is -0.507 e. The van der Waals surface area contributed by atoms with Gasteiger partial charge < -0.3 is 15.2 Å². The van der Waals surface area contributed by atoms with Gasteiger partial charge in [-0.25, -0.2) is 0 Å². The van der Waals surface area contributed by atoms with Crippen LogP contribution in [0.5, 0.6) is 5.75 Å². The number of aliphatic hydroxyl groups is 1. The minimum atomic E-state index is -1.03. The summed E-state index contributed by atoms with van der Waals surface area (Å²) in [6, 6.07) is 15.3. The first-order valence-corrected chi connectivity index (χ1v) is 11.2. The summed E-state index contributed by atoms with van der Waals surface area (Å²) in [5.74, 6) is -2.01. The number of pyridine rings is 1. The Hall–Kier alpha value is -4.17. The molecule has 0 radical (unpaired) electrons. The number of hydrogen-bond donors (Lipinski definition) is 2. The number of Topliss-reactive ketones (excluding diaryl/α,β-unsaturated/α-hetero) is 1. The van der Waals surface area contributed by atoms with Crippen LogP contribution < -0.4 is 15.0 Å². The molecule has 1 atom stereocenters. The van der Waals surface area contributed by atoms with Crippen LogP contribution in [0.4, 0.5) is 11.4 Å². The van der Waals surface area contributed by atoms with Gasteiger partial charge in [0.2, 0.25) is 5.91 Å². The average molecular weight is 492 g/mol. The van der Waals surface area contributed by atoms with Crippen LogP contribution in [0, 0.1) is 0 Å². The van der Waals surface area contributed by atoms with Gasteiger partial charge in [0, 0.05) is 30.1 Å². The number of halogens is 1. The lowest BCUT2D eigenvalue weighted by Crippen LogP contribution is -2.30. The molecule has 9 heteroatoms. The van der Waals surface area contributed by atoms with Gasteiger partial charge >= 0.3 is 0 Å². The molecule has 1 aromatic heterocycles. The first kappa shape index (κ1) is 24.0. The van der Waals surface area contributed by atoms with Gasteiger partial charge in [-0.2, -0.15) is 0 Å². The third-order valence-electron chi connectivity index (χ3n) is 5.36. The van der Waals surface area contributed by atoms with Crippen molar-refractivity contribution in [3.8, 4) is 5.75 Å². The summed E-state index contributed by atoms with van der Waals surface area (Å²) in [5.41, 5.74) is 1.17. The number of aromatic nitrogens is 1. The van der Waals surface area contributed by atoms with Crippen LogP contribution >= 0.6 is 11.6 Å². The molecule has 2 aromatic carbocycles. The minimum absolute atomic E-state index is 0.156. The number of nitrogens with one attached hydrogen (secondary N) is 1. The quantitative estimate of drug-likeness (QED) is 0.293. The number of rotatable bonds is 6. The zero-order valence-corrected chi connectivity index (χ0v) is 19.7. The molecular weight excluding hydrogens is 470 g/mol. The van der Waals surface area contributed by atoms with E-state index < -0.39 is 23.5 Å². The molecule has 4 rings (SSSR count). The van der Waals surface area contributed by atoms with Crippen LogP contribution in [0.15, 0.2) is 72.4 Å². The van der Waals surface area contributed by atoms with Crippen LogP contribution in [-0.4, -0.2) is 34.3 Å². The number of hydrogen-bond acceptors (Lipinski definition) is 6. The highest BCUT2D eigenvalue weighted by Crippen LogP contribution is 2.43. The smallest absolute Gasteiger partial charge is 0.300 e. The van der Waals surface area contributed by atoms with E-state index >= 15 is 0 Å².